The van der Waals surface area contributed by atoms with Gasteiger partial charge in [0.1, 0.15) is 16.5 Å². The van der Waals surface area contributed by atoms with Crippen LogP contribution in [0.15, 0.2) is 45.9 Å². The molecule has 2 N–H and O–H groups in total. The monoisotopic (exact) mass is 561 g/mol. The largest absolute Gasteiger partial charge is 0.455 e. The van der Waals surface area contributed by atoms with E-state index in [1.165, 1.54) is 31.5 Å². The van der Waals surface area contributed by atoms with E-state index in [4.69, 9.17) is 16.0 Å². The fourth-order valence-electron chi connectivity index (χ4n) is 4.07. The van der Waals surface area contributed by atoms with E-state index in [1.807, 2.05) is 17.7 Å². The Morgan fingerprint density at radius 2 is 1.92 bits per heavy atom. The van der Waals surface area contributed by atoms with Crippen molar-refractivity contribution in [3.8, 4) is 11.3 Å². The molecule has 200 valence electrons. The number of carbonyl (C=O) groups excluding carboxylic acids is 1. The number of carbonyl (C=O) groups is 1. The van der Waals surface area contributed by atoms with Crippen molar-refractivity contribution in [1.82, 2.24) is 19.5 Å². The molecule has 1 aromatic carbocycles. The molecule has 0 aliphatic heterocycles. The van der Waals surface area contributed by atoms with Gasteiger partial charge >= 0.3 is 0 Å². The van der Waals surface area contributed by atoms with Crippen LogP contribution in [-0.2, 0) is 10.0 Å². The van der Waals surface area contributed by atoms with Gasteiger partial charge in [-0.25, -0.2) is 27.2 Å². The number of hydrogen-bond acceptors (Lipinski definition) is 8. The van der Waals surface area contributed by atoms with E-state index in [1.54, 1.807) is 19.9 Å². The van der Waals surface area contributed by atoms with Crippen LogP contribution in [0.25, 0.3) is 22.3 Å². The summed E-state index contributed by atoms with van der Waals surface area (Å²) < 4.78 is 46.2. The second-order valence-electron chi connectivity index (χ2n) is 9.00. The number of nitrogens with zero attached hydrogens (tertiary/aromatic N) is 3. The molecule has 3 aromatic heterocycles. The Morgan fingerprint density at radius 3 is 2.55 bits per heavy atom. The lowest BCUT2D eigenvalue weighted by molar-refractivity contribution is 0.0977. The molecule has 0 bridgehead atoms. The van der Waals surface area contributed by atoms with Gasteiger partial charge in [-0.05, 0) is 51.5 Å². The average molecular weight is 562 g/mol. The van der Waals surface area contributed by atoms with Crippen molar-refractivity contribution < 1.29 is 22.0 Å². The Morgan fingerprint density at radius 1 is 1.21 bits per heavy atom. The first-order valence-corrected chi connectivity index (χ1v) is 13.7. The summed E-state index contributed by atoms with van der Waals surface area (Å²) >= 11 is 5.97. The lowest BCUT2D eigenvalue weighted by Gasteiger charge is -2.20. The third kappa shape index (κ3) is 5.55. The molecule has 0 saturated heterocycles. The highest BCUT2D eigenvalue weighted by atomic mass is 35.5. The normalized spacial score (nSPS) is 13.3. The third-order valence-electron chi connectivity index (χ3n) is 5.81. The minimum absolute atomic E-state index is 0.00267. The van der Waals surface area contributed by atoms with Crippen LogP contribution < -0.4 is 15.5 Å². The highest BCUT2D eigenvalue weighted by Crippen LogP contribution is 2.33. The number of alkyl halides is 1. The van der Waals surface area contributed by atoms with Crippen molar-refractivity contribution >= 4 is 44.2 Å². The van der Waals surface area contributed by atoms with E-state index >= 15 is 0 Å². The summed E-state index contributed by atoms with van der Waals surface area (Å²) in [6, 6.07) is 5.95. The van der Waals surface area contributed by atoms with Crippen molar-refractivity contribution in [2.45, 2.75) is 40.0 Å². The first kappa shape index (κ1) is 27.3. The molecule has 0 aliphatic rings. The summed E-state index contributed by atoms with van der Waals surface area (Å²) in [5, 5.41) is 7.49. The van der Waals surface area contributed by atoms with E-state index in [0.29, 0.717) is 27.7 Å². The Balaban J connectivity index is 1.83. The van der Waals surface area contributed by atoms with Gasteiger partial charge in [-0.3, -0.25) is 9.59 Å². The SMILES string of the molecule is Cc1cc(C(C)Nc2ccc(Cl)nc2C(=O)NS(C)(=O)=O)c2oc(-c3cnn(C(C)F)c3)c(C)c(=O)c2c1. The van der Waals surface area contributed by atoms with Gasteiger partial charge in [0.2, 0.25) is 10.0 Å². The van der Waals surface area contributed by atoms with E-state index in [0.717, 1.165) is 16.5 Å². The lowest BCUT2D eigenvalue weighted by Crippen LogP contribution is -2.31. The molecule has 10 nitrogen and oxygen atoms in total. The van der Waals surface area contributed by atoms with E-state index in [-0.39, 0.29) is 27.7 Å². The summed E-state index contributed by atoms with van der Waals surface area (Å²) in [6.45, 7) is 6.58. The van der Waals surface area contributed by atoms with Gasteiger partial charge in [0, 0.05) is 17.3 Å². The molecule has 4 rings (SSSR count). The number of hydrogen-bond donors (Lipinski definition) is 2. The van der Waals surface area contributed by atoms with Crippen LogP contribution in [0.1, 0.15) is 53.4 Å². The maximum atomic E-state index is 13.7. The molecule has 2 atom stereocenters. The standard InChI is InChI=1S/C25H25ClFN5O5S/c1-12-8-17(14(3)29-19-6-7-20(26)30-21(19)25(34)31-38(5,35)36)24-18(9-12)22(33)13(2)23(37-24)16-10-28-32(11-16)15(4)27/h6-11,14-15,29H,1-5H3,(H,31,34). The Hall–Kier alpha value is -3.77. The zero-order chi connectivity index (χ0) is 27.9. The van der Waals surface area contributed by atoms with Crippen molar-refractivity contribution in [1.29, 1.82) is 0 Å². The molecule has 3 heterocycles. The number of pyridine rings is 1. The maximum absolute atomic E-state index is 13.7. The predicted molar refractivity (Wildman–Crippen MR) is 143 cm³/mol. The minimum atomic E-state index is -3.85. The first-order chi connectivity index (χ1) is 17.7. The number of fused-ring (bicyclic) bond motifs is 1. The second-order valence-corrected chi connectivity index (χ2v) is 11.1. The topological polar surface area (TPSA) is 136 Å². The van der Waals surface area contributed by atoms with Crippen LogP contribution in [-0.4, -0.2) is 35.3 Å². The number of sulfonamides is 1. The Labute approximate surface area is 222 Å². The molecule has 4 aromatic rings. The summed E-state index contributed by atoms with van der Waals surface area (Å²) in [5.74, 6) is -0.699. The molecule has 2 unspecified atom stereocenters. The van der Waals surface area contributed by atoms with Crippen molar-refractivity contribution in [2.75, 3.05) is 11.6 Å². The highest BCUT2D eigenvalue weighted by molar-refractivity contribution is 7.89. The van der Waals surface area contributed by atoms with Crippen molar-refractivity contribution in [3.63, 3.8) is 0 Å². The number of rotatable bonds is 7. The first-order valence-electron chi connectivity index (χ1n) is 11.5. The van der Waals surface area contributed by atoms with Gasteiger partial charge in [0.05, 0.1) is 35.1 Å². The molecule has 0 saturated carbocycles. The molecule has 1 amide bonds. The number of aromatic nitrogens is 3. The molecule has 0 spiro atoms. The van der Waals surface area contributed by atoms with E-state index in [2.05, 4.69) is 15.4 Å². The molecular formula is C25H25ClFN5O5S. The van der Waals surface area contributed by atoms with Gasteiger partial charge in [0.15, 0.2) is 17.4 Å². The van der Waals surface area contributed by atoms with Gasteiger partial charge in [-0.15, -0.1) is 0 Å². The quantitative estimate of drug-likeness (QED) is 0.311. The number of amides is 1. The Kier molecular flexibility index (Phi) is 7.31. The van der Waals surface area contributed by atoms with Gasteiger partial charge in [-0.2, -0.15) is 5.10 Å². The zero-order valence-electron chi connectivity index (χ0n) is 21.2. The molecule has 0 aliphatic carbocycles. The van der Waals surface area contributed by atoms with Crippen LogP contribution in [0.3, 0.4) is 0 Å². The molecule has 38 heavy (non-hydrogen) atoms. The lowest BCUT2D eigenvalue weighted by atomic mass is 9.99. The number of halogens is 2. The molecule has 0 fully saturated rings. The van der Waals surface area contributed by atoms with E-state index in [9.17, 15) is 22.4 Å². The fraction of sp³-hybridized carbons (Fsp3) is 0.280. The number of nitrogens with one attached hydrogen (secondary N) is 2. The van der Waals surface area contributed by atoms with Crippen molar-refractivity contribution in [3.05, 3.63) is 74.4 Å². The summed E-state index contributed by atoms with van der Waals surface area (Å²) in [4.78, 5) is 29.9. The second kappa shape index (κ2) is 10.2. The molecular weight excluding hydrogens is 537 g/mol. The van der Waals surface area contributed by atoms with Gasteiger partial charge in [0.25, 0.3) is 5.91 Å². The average Bonchev–Trinajstić information content (AvgIpc) is 3.31. The molecule has 13 heteroatoms. The zero-order valence-corrected chi connectivity index (χ0v) is 22.7. The fourth-order valence-corrected chi connectivity index (χ4v) is 4.65. The van der Waals surface area contributed by atoms with Crippen LogP contribution in [0.2, 0.25) is 5.15 Å². The molecule has 0 radical (unpaired) electrons. The van der Waals surface area contributed by atoms with Crippen LogP contribution in [0, 0.1) is 13.8 Å². The number of anilines is 1. The van der Waals surface area contributed by atoms with E-state index < -0.39 is 28.3 Å². The van der Waals surface area contributed by atoms with Crippen molar-refractivity contribution in [2.24, 2.45) is 0 Å². The van der Waals surface area contributed by atoms with Crippen LogP contribution in [0.5, 0.6) is 0 Å². The summed E-state index contributed by atoms with van der Waals surface area (Å²) in [6.07, 6.45) is 2.38. The minimum Gasteiger partial charge on any atom is -0.455 e. The van der Waals surface area contributed by atoms with Crippen LogP contribution >= 0.6 is 11.6 Å². The Bertz CT molecular complexity index is 1730. The highest BCUT2D eigenvalue weighted by Gasteiger charge is 2.23. The van der Waals surface area contributed by atoms with Crippen LogP contribution in [0.4, 0.5) is 10.1 Å². The van der Waals surface area contributed by atoms with Gasteiger partial charge in [-0.1, -0.05) is 17.7 Å². The number of aryl methyl sites for hydroxylation is 1. The maximum Gasteiger partial charge on any atom is 0.285 e. The predicted octanol–water partition coefficient (Wildman–Crippen LogP) is 4.67. The summed E-state index contributed by atoms with van der Waals surface area (Å²) in [7, 11) is -3.85. The number of benzene rings is 1. The van der Waals surface area contributed by atoms with Gasteiger partial charge < -0.3 is 9.73 Å². The third-order valence-corrected chi connectivity index (χ3v) is 6.58. The smallest absolute Gasteiger partial charge is 0.285 e. The summed E-state index contributed by atoms with van der Waals surface area (Å²) in [5.41, 5.74) is 2.22.